The molecule has 1 N–H and O–H groups in total. The molecule has 170 valence electrons. The molecule has 2 heterocycles. The molecule has 1 saturated carbocycles. The van der Waals surface area contributed by atoms with Gasteiger partial charge >= 0.3 is 0 Å². The predicted octanol–water partition coefficient (Wildman–Crippen LogP) is 6.00. The molecule has 2 aromatic carbocycles. The van der Waals surface area contributed by atoms with Crippen LogP contribution in [-0.2, 0) is 6.42 Å². The maximum atomic E-state index is 9.93. The third-order valence-corrected chi connectivity index (χ3v) is 8.10. The van der Waals surface area contributed by atoms with Crippen molar-refractivity contribution in [2.24, 2.45) is 11.3 Å². The highest BCUT2D eigenvalue weighted by molar-refractivity contribution is 5.88. The fraction of sp³-hybridized carbons (Fsp3) is 0.536. The molecule has 4 heteroatoms. The smallest absolute Gasteiger partial charge is 0.170 e. The maximum absolute atomic E-state index is 9.93. The van der Waals surface area contributed by atoms with E-state index in [-0.39, 0.29) is 5.41 Å². The number of rotatable bonds is 7. The fourth-order valence-corrected chi connectivity index (χ4v) is 6.04. The zero-order chi connectivity index (χ0) is 22.0. The van der Waals surface area contributed by atoms with E-state index in [1.54, 1.807) is 0 Å². The van der Waals surface area contributed by atoms with Crippen LogP contribution in [-0.4, -0.2) is 41.4 Å². The van der Waals surface area contributed by atoms with E-state index in [2.05, 4.69) is 53.4 Å². The molecule has 0 atom stereocenters. The molecule has 1 aromatic heterocycles. The molecule has 1 aliphatic carbocycles. The Morgan fingerprint density at radius 1 is 1.06 bits per heavy atom. The Bertz CT molecular complexity index is 1030. The lowest BCUT2D eigenvalue weighted by Crippen LogP contribution is -2.42. The highest BCUT2D eigenvalue weighted by atomic mass is 16.5. The lowest BCUT2D eigenvalue weighted by atomic mass is 9.84. The van der Waals surface area contributed by atoms with Gasteiger partial charge in [0.15, 0.2) is 5.58 Å². The molecular weight excluding hydrogens is 396 g/mol. The van der Waals surface area contributed by atoms with Gasteiger partial charge in [-0.2, -0.15) is 0 Å². The van der Waals surface area contributed by atoms with Crippen LogP contribution in [0.15, 0.2) is 47.0 Å². The molecule has 3 aromatic rings. The van der Waals surface area contributed by atoms with Crippen molar-refractivity contribution < 1.29 is 9.63 Å². The highest BCUT2D eigenvalue weighted by Gasteiger charge is 2.35. The third-order valence-electron chi connectivity index (χ3n) is 8.10. The SMILES string of the molecule is Cc1c(-c2ccccc2)ccc2c(CCC3CCN(CC4(CO)CCCC4)CC3)noc12. The van der Waals surface area contributed by atoms with Gasteiger partial charge in [0.05, 0.1) is 5.69 Å². The number of hydrogen-bond donors (Lipinski definition) is 1. The first-order valence-corrected chi connectivity index (χ1v) is 12.4. The van der Waals surface area contributed by atoms with Crippen LogP contribution < -0.4 is 0 Å². The van der Waals surface area contributed by atoms with Gasteiger partial charge in [-0.25, -0.2) is 0 Å². The molecule has 32 heavy (non-hydrogen) atoms. The number of fused-ring (bicyclic) bond motifs is 1. The topological polar surface area (TPSA) is 49.5 Å². The Balaban J connectivity index is 1.19. The summed E-state index contributed by atoms with van der Waals surface area (Å²) in [5.41, 5.74) is 5.83. The number of piperidine rings is 1. The standard InChI is InChI=1S/C28H36N2O2/c1-21-24(23-7-3-2-4-8-23)10-11-25-26(29-32-27(21)25)12-9-22-13-17-30(18-14-22)19-28(20-31)15-5-6-16-28/h2-4,7-8,10-11,22,31H,5-6,9,12-20H2,1H3. The number of nitrogens with zero attached hydrogens (tertiary/aromatic N) is 2. The van der Waals surface area contributed by atoms with E-state index in [9.17, 15) is 5.11 Å². The van der Waals surface area contributed by atoms with E-state index in [0.717, 1.165) is 30.2 Å². The van der Waals surface area contributed by atoms with Crippen molar-refractivity contribution in [1.29, 1.82) is 0 Å². The van der Waals surface area contributed by atoms with E-state index in [1.165, 1.54) is 80.1 Å². The first-order valence-electron chi connectivity index (χ1n) is 12.4. The van der Waals surface area contributed by atoms with Crippen molar-refractivity contribution in [1.82, 2.24) is 10.1 Å². The van der Waals surface area contributed by atoms with Crippen molar-refractivity contribution >= 4 is 11.0 Å². The molecule has 0 unspecified atom stereocenters. The van der Waals surface area contributed by atoms with Gasteiger partial charge in [0.1, 0.15) is 0 Å². The van der Waals surface area contributed by atoms with Crippen molar-refractivity contribution in [2.75, 3.05) is 26.2 Å². The van der Waals surface area contributed by atoms with Crippen molar-refractivity contribution in [3.63, 3.8) is 0 Å². The van der Waals surface area contributed by atoms with E-state index >= 15 is 0 Å². The van der Waals surface area contributed by atoms with Crippen LogP contribution in [0.4, 0.5) is 0 Å². The number of aliphatic hydroxyl groups is 1. The van der Waals surface area contributed by atoms with Gasteiger partial charge in [0.25, 0.3) is 0 Å². The molecule has 1 aliphatic heterocycles. The van der Waals surface area contributed by atoms with Gasteiger partial charge in [0.2, 0.25) is 0 Å². The summed E-state index contributed by atoms with van der Waals surface area (Å²) in [6.07, 6.45) is 9.66. The monoisotopic (exact) mass is 432 g/mol. The second-order valence-corrected chi connectivity index (χ2v) is 10.2. The van der Waals surface area contributed by atoms with Crippen LogP contribution in [0.5, 0.6) is 0 Å². The lowest BCUT2D eigenvalue weighted by molar-refractivity contribution is 0.0602. The second-order valence-electron chi connectivity index (χ2n) is 10.2. The van der Waals surface area contributed by atoms with E-state index in [0.29, 0.717) is 6.61 Å². The summed E-state index contributed by atoms with van der Waals surface area (Å²) in [6, 6.07) is 14.9. The summed E-state index contributed by atoms with van der Waals surface area (Å²) in [6.45, 7) is 5.93. The molecule has 2 fully saturated rings. The molecule has 0 bridgehead atoms. The number of aryl methyl sites for hydroxylation is 2. The number of likely N-dealkylation sites (tertiary alicyclic amines) is 1. The molecular formula is C28H36N2O2. The van der Waals surface area contributed by atoms with Crippen LogP contribution in [0.3, 0.4) is 0 Å². The summed E-state index contributed by atoms with van der Waals surface area (Å²) in [4.78, 5) is 2.61. The van der Waals surface area contributed by atoms with Gasteiger partial charge < -0.3 is 14.5 Å². The Kier molecular flexibility index (Phi) is 6.34. The Labute approximate surface area is 191 Å². The largest absolute Gasteiger partial charge is 0.396 e. The molecule has 4 nitrogen and oxygen atoms in total. The van der Waals surface area contributed by atoms with Crippen molar-refractivity contribution in [3.05, 3.63) is 53.7 Å². The quantitative estimate of drug-likeness (QED) is 0.497. The lowest BCUT2D eigenvalue weighted by Gasteiger charge is -2.38. The minimum Gasteiger partial charge on any atom is -0.396 e. The van der Waals surface area contributed by atoms with Gasteiger partial charge in [-0.1, -0.05) is 54.4 Å². The van der Waals surface area contributed by atoms with Gasteiger partial charge in [-0.3, -0.25) is 0 Å². The van der Waals surface area contributed by atoms with Crippen LogP contribution >= 0.6 is 0 Å². The van der Waals surface area contributed by atoms with Crippen molar-refractivity contribution in [2.45, 2.75) is 58.3 Å². The Morgan fingerprint density at radius 2 is 1.81 bits per heavy atom. The van der Waals surface area contributed by atoms with Crippen LogP contribution in [0.2, 0.25) is 0 Å². The van der Waals surface area contributed by atoms with Gasteiger partial charge in [-0.05, 0) is 81.6 Å². The Morgan fingerprint density at radius 3 is 2.53 bits per heavy atom. The molecule has 0 radical (unpaired) electrons. The van der Waals surface area contributed by atoms with Crippen LogP contribution in [0.25, 0.3) is 22.1 Å². The summed E-state index contributed by atoms with van der Waals surface area (Å²) < 4.78 is 5.81. The molecule has 0 amide bonds. The average molecular weight is 433 g/mol. The predicted molar refractivity (Wildman–Crippen MR) is 130 cm³/mol. The highest BCUT2D eigenvalue weighted by Crippen LogP contribution is 2.39. The third kappa shape index (κ3) is 4.35. The average Bonchev–Trinajstić information content (AvgIpc) is 3.47. The zero-order valence-corrected chi connectivity index (χ0v) is 19.4. The minimum absolute atomic E-state index is 0.183. The number of hydrogen-bond acceptors (Lipinski definition) is 4. The number of aliphatic hydroxyl groups excluding tert-OH is 1. The van der Waals surface area contributed by atoms with E-state index in [4.69, 9.17) is 4.52 Å². The van der Waals surface area contributed by atoms with E-state index in [1.807, 2.05) is 6.07 Å². The normalized spacial score (nSPS) is 19.7. The molecule has 5 rings (SSSR count). The van der Waals surface area contributed by atoms with Crippen LogP contribution in [0, 0.1) is 18.3 Å². The first kappa shape index (κ1) is 21.7. The summed E-state index contributed by atoms with van der Waals surface area (Å²) in [7, 11) is 0. The molecule has 1 saturated heterocycles. The van der Waals surface area contributed by atoms with Crippen LogP contribution in [0.1, 0.15) is 56.2 Å². The minimum atomic E-state index is 0.183. The summed E-state index contributed by atoms with van der Waals surface area (Å²) in [5.74, 6) is 0.761. The number of benzene rings is 2. The number of aromatic nitrogens is 1. The molecule has 2 aliphatic rings. The fourth-order valence-electron chi connectivity index (χ4n) is 6.04. The summed E-state index contributed by atoms with van der Waals surface area (Å²) >= 11 is 0. The first-order chi connectivity index (χ1) is 15.7. The second kappa shape index (κ2) is 9.36. The van der Waals surface area contributed by atoms with E-state index < -0.39 is 0 Å². The maximum Gasteiger partial charge on any atom is 0.170 e. The summed E-state index contributed by atoms with van der Waals surface area (Å²) in [5, 5.41) is 15.6. The molecule has 0 spiro atoms. The van der Waals surface area contributed by atoms with Crippen molar-refractivity contribution in [3.8, 4) is 11.1 Å². The van der Waals surface area contributed by atoms with Gasteiger partial charge in [0, 0.05) is 29.5 Å². The van der Waals surface area contributed by atoms with Gasteiger partial charge in [-0.15, -0.1) is 0 Å². The zero-order valence-electron chi connectivity index (χ0n) is 19.4. The Hall–Kier alpha value is -2.17.